The molecule has 4 unspecified atom stereocenters. The van der Waals surface area contributed by atoms with Crippen molar-refractivity contribution >= 4 is 0 Å². The van der Waals surface area contributed by atoms with Gasteiger partial charge in [-0.15, -0.1) is 0 Å². The zero-order valence-electron chi connectivity index (χ0n) is 10.0. The monoisotopic (exact) mass is 233 g/mol. The van der Waals surface area contributed by atoms with E-state index in [2.05, 4.69) is 10.1 Å². The van der Waals surface area contributed by atoms with Gasteiger partial charge in [0.25, 0.3) is 0 Å². The Morgan fingerprint density at radius 3 is 2.71 bits per heavy atom. The topological polar surface area (TPSA) is 64.9 Å². The largest absolute Gasteiger partial charge is 0.338 e. The molecule has 1 heterocycles. The first-order valence-corrected chi connectivity index (χ1v) is 6.90. The zero-order chi connectivity index (χ0) is 11.4. The molecule has 1 aromatic rings. The summed E-state index contributed by atoms with van der Waals surface area (Å²) in [4.78, 5) is 4.57. The molecular weight excluding hydrogens is 214 g/mol. The Labute approximate surface area is 101 Å². The molecule has 0 saturated heterocycles. The molecule has 0 spiro atoms. The smallest absolute Gasteiger partial charge is 0.243 e. The summed E-state index contributed by atoms with van der Waals surface area (Å²) in [5.41, 5.74) is 6.09. The van der Waals surface area contributed by atoms with Crippen molar-refractivity contribution in [1.29, 1.82) is 0 Å². The Morgan fingerprint density at radius 2 is 2.06 bits per heavy atom. The molecule has 2 N–H and O–H groups in total. The molecule has 0 aromatic carbocycles. The van der Waals surface area contributed by atoms with Crippen LogP contribution < -0.4 is 5.73 Å². The summed E-state index contributed by atoms with van der Waals surface area (Å²) in [5, 5.41) is 4.18. The fraction of sp³-hybridized carbons (Fsp3) is 0.846. The minimum Gasteiger partial charge on any atom is -0.338 e. The molecule has 17 heavy (non-hydrogen) atoms. The van der Waals surface area contributed by atoms with E-state index in [0.29, 0.717) is 17.7 Å². The van der Waals surface area contributed by atoms with Gasteiger partial charge in [-0.25, -0.2) is 0 Å². The maximum absolute atomic E-state index is 6.09. The molecular formula is C13H19N3O. The number of rotatable bonds is 3. The van der Waals surface area contributed by atoms with Crippen LogP contribution in [0.1, 0.15) is 62.2 Å². The molecule has 92 valence electrons. The lowest BCUT2D eigenvalue weighted by molar-refractivity contribution is 0.330. The fourth-order valence-corrected chi connectivity index (χ4v) is 3.75. The van der Waals surface area contributed by atoms with E-state index in [0.717, 1.165) is 17.7 Å². The summed E-state index contributed by atoms with van der Waals surface area (Å²) in [5.74, 6) is 4.47. The van der Waals surface area contributed by atoms with Gasteiger partial charge in [0.05, 0.1) is 6.04 Å². The first-order chi connectivity index (χ1) is 8.31. The Bertz CT molecular complexity index is 426. The number of nitrogens with two attached hydrogens (primary N) is 1. The Kier molecular flexibility index (Phi) is 2.10. The van der Waals surface area contributed by atoms with E-state index in [1.165, 1.54) is 38.5 Å². The van der Waals surface area contributed by atoms with Crippen molar-refractivity contribution in [1.82, 2.24) is 10.1 Å². The molecule has 3 fully saturated rings. The average molecular weight is 233 g/mol. The van der Waals surface area contributed by atoms with Gasteiger partial charge in [0.15, 0.2) is 5.82 Å². The van der Waals surface area contributed by atoms with Crippen molar-refractivity contribution in [3.05, 3.63) is 11.7 Å². The van der Waals surface area contributed by atoms with Crippen LogP contribution in [0.2, 0.25) is 0 Å². The predicted octanol–water partition coefficient (Wildman–Crippen LogP) is 2.38. The van der Waals surface area contributed by atoms with Gasteiger partial charge >= 0.3 is 0 Å². The van der Waals surface area contributed by atoms with E-state index in [9.17, 15) is 0 Å². The van der Waals surface area contributed by atoms with E-state index in [1.54, 1.807) is 0 Å². The van der Waals surface area contributed by atoms with Crippen LogP contribution in [0.5, 0.6) is 0 Å². The first-order valence-electron chi connectivity index (χ1n) is 6.90. The van der Waals surface area contributed by atoms with Crippen molar-refractivity contribution in [2.24, 2.45) is 23.5 Å². The van der Waals surface area contributed by atoms with E-state index in [4.69, 9.17) is 10.3 Å². The van der Waals surface area contributed by atoms with Gasteiger partial charge in [0.1, 0.15) is 0 Å². The predicted molar refractivity (Wildman–Crippen MR) is 62.1 cm³/mol. The zero-order valence-corrected chi connectivity index (χ0v) is 10.0. The second-order valence-corrected chi connectivity index (χ2v) is 6.14. The van der Waals surface area contributed by atoms with Gasteiger partial charge in [-0.05, 0) is 49.9 Å². The maximum atomic E-state index is 6.09. The minimum absolute atomic E-state index is 0.0187. The molecule has 3 aliphatic carbocycles. The summed E-state index contributed by atoms with van der Waals surface area (Å²) < 4.78 is 5.36. The Morgan fingerprint density at radius 1 is 1.18 bits per heavy atom. The Balaban J connectivity index is 1.54. The lowest BCUT2D eigenvalue weighted by Crippen LogP contribution is -2.14. The lowest BCUT2D eigenvalue weighted by atomic mass is 9.88. The summed E-state index contributed by atoms with van der Waals surface area (Å²) in [6.07, 6.45) is 7.84. The SMILES string of the molecule is NC(c1nc(C2CC3CCC2C3)no1)C1CC1. The summed E-state index contributed by atoms with van der Waals surface area (Å²) in [6.45, 7) is 0. The molecule has 4 nitrogen and oxygen atoms in total. The van der Waals surface area contributed by atoms with Crippen LogP contribution in [0.3, 0.4) is 0 Å². The Hall–Kier alpha value is -0.900. The lowest BCUT2D eigenvalue weighted by Gasteiger charge is -2.17. The van der Waals surface area contributed by atoms with Crippen LogP contribution in [0, 0.1) is 17.8 Å². The van der Waals surface area contributed by atoms with Crippen molar-refractivity contribution < 1.29 is 4.52 Å². The highest BCUT2D eigenvalue weighted by atomic mass is 16.5. The average Bonchev–Trinajstić information content (AvgIpc) is 2.81. The minimum atomic E-state index is -0.0187. The number of hydrogen-bond acceptors (Lipinski definition) is 4. The van der Waals surface area contributed by atoms with Gasteiger partial charge in [0.2, 0.25) is 5.89 Å². The van der Waals surface area contributed by atoms with Gasteiger partial charge in [-0.3, -0.25) is 0 Å². The third-order valence-electron chi connectivity index (χ3n) is 4.94. The van der Waals surface area contributed by atoms with Gasteiger partial charge in [-0.1, -0.05) is 11.6 Å². The van der Waals surface area contributed by atoms with Crippen LogP contribution >= 0.6 is 0 Å². The second kappa shape index (κ2) is 3.55. The normalized spacial score (nSPS) is 37.6. The molecule has 1 aromatic heterocycles. The van der Waals surface area contributed by atoms with Gasteiger partial charge < -0.3 is 10.3 Å². The summed E-state index contributed by atoms with van der Waals surface area (Å²) >= 11 is 0. The van der Waals surface area contributed by atoms with Crippen LogP contribution in [0.15, 0.2) is 4.52 Å². The summed E-state index contributed by atoms with van der Waals surface area (Å²) in [7, 11) is 0. The molecule has 4 heteroatoms. The van der Waals surface area contributed by atoms with Crippen LogP contribution in [0.25, 0.3) is 0 Å². The van der Waals surface area contributed by atoms with E-state index in [1.807, 2.05) is 0 Å². The third-order valence-corrected chi connectivity index (χ3v) is 4.94. The standard InChI is InChI=1S/C13H19N3O/c14-11(8-3-4-8)13-15-12(16-17-13)10-6-7-1-2-9(10)5-7/h7-11H,1-6,14H2. The van der Waals surface area contributed by atoms with Crippen molar-refractivity contribution in [2.75, 3.05) is 0 Å². The third kappa shape index (κ3) is 1.61. The molecule has 0 aliphatic heterocycles. The summed E-state index contributed by atoms with van der Waals surface area (Å²) in [6, 6.07) is -0.0187. The number of nitrogens with zero attached hydrogens (tertiary/aromatic N) is 2. The number of aromatic nitrogens is 2. The fourth-order valence-electron chi connectivity index (χ4n) is 3.75. The van der Waals surface area contributed by atoms with Crippen LogP contribution in [-0.2, 0) is 0 Å². The molecule has 0 radical (unpaired) electrons. The van der Waals surface area contributed by atoms with Gasteiger partial charge in [-0.2, -0.15) is 4.98 Å². The quantitative estimate of drug-likeness (QED) is 0.870. The maximum Gasteiger partial charge on any atom is 0.243 e. The van der Waals surface area contributed by atoms with Crippen molar-refractivity contribution in [3.63, 3.8) is 0 Å². The van der Waals surface area contributed by atoms with Crippen molar-refractivity contribution in [3.8, 4) is 0 Å². The van der Waals surface area contributed by atoms with Crippen LogP contribution in [0.4, 0.5) is 0 Å². The molecule has 4 rings (SSSR count). The molecule has 3 saturated carbocycles. The van der Waals surface area contributed by atoms with Crippen molar-refractivity contribution in [2.45, 2.75) is 50.5 Å². The highest BCUT2D eigenvalue weighted by Gasteiger charge is 2.43. The van der Waals surface area contributed by atoms with Crippen LogP contribution in [-0.4, -0.2) is 10.1 Å². The highest BCUT2D eigenvalue weighted by molar-refractivity contribution is 5.08. The molecule has 3 aliphatic rings. The highest BCUT2D eigenvalue weighted by Crippen LogP contribution is 2.52. The molecule has 0 amide bonds. The molecule has 2 bridgehead atoms. The van der Waals surface area contributed by atoms with E-state index >= 15 is 0 Å². The van der Waals surface area contributed by atoms with E-state index in [-0.39, 0.29) is 6.04 Å². The number of hydrogen-bond donors (Lipinski definition) is 1. The van der Waals surface area contributed by atoms with Gasteiger partial charge in [0, 0.05) is 5.92 Å². The first kappa shape index (κ1) is 10.1. The second-order valence-electron chi connectivity index (χ2n) is 6.14. The van der Waals surface area contributed by atoms with E-state index < -0.39 is 0 Å². The number of fused-ring (bicyclic) bond motifs is 2. The molecule has 4 atom stereocenters.